The van der Waals surface area contributed by atoms with Gasteiger partial charge in [0.1, 0.15) is 5.82 Å². The summed E-state index contributed by atoms with van der Waals surface area (Å²) < 4.78 is 0. The highest BCUT2D eigenvalue weighted by molar-refractivity contribution is 6.36. The lowest BCUT2D eigenvalue weighted by molar-refractivity contribution is 0.352. The van der Waals surface area contributed by atoms with Crippen molar-refractivity contribution in [3.05, 3.63) is 75.4 Å². The average Bonchev–Trinajstić information content (AvgIpc) is 3.30. The van der Waals surface area contributed by atoms with Crippen molar-refractivity contribution in [2.45, 2.75) is 19.3 Å². The molecule has 0 amide bonds. The van der Waals surface area contributed by atoms with E-state index >= 15 is 0 Å². The summed E-state index contributed by atoms with van der Waals surface area (Å²) in [5, 5.41) is 16.9. The molecular weight excluding hydrogens is 443 g/mol. The highest BCUT2D eigenvalue weighted by Gasteiger charge is 2.13. The van der Waals surface area contributed by atoms with Gasteiger partial charge < -0.3 is 15.5 Å². The predicted octanol–water partition coefficient (Wildman–Crippen LogP) is 5.50. The van der Waals surface area contributed by atoms with E-state index in [1.54, 1.807) is 12.1 Å². The summed E-state index contributed by atoms with van der Waals surface area (Å²) >= 11 is 12.8. The van der Waals surface area contributed by atoms with Crippen LogP contribution in [0.2, 0.25) is 10.0 Å². The van der Waals surface area contributed by atoms with Gasteiger partial charge in [0.15, 0.2) is 0 Å². The molecule has 4 rings (SSSR count). The number of halogens is 2. The molecule has 8 heteroatoms. The van der Waals surface area contributed by atoms with Gasteiger partial charge in [0.05, 0.1) is 17.3 Å². The molecule has 2 N–H and O–H groups in total. The maximum atomic E-state index is 9.01. The second-order valence-corrected chi connectivity index (χ2v) is 8.55. The minimum atomic E-state index is 0.471. The van der Waals surface area contributed by atoms with Crippen LogP contribution >= 0.6 is 23.2 Å². The summed E-state index contributed by atoms with van der Waals surface area (Å²) in [6.07, 6.45) is 3.04. The van der Waals surface area contributed by atoms with Gasteiger partial charge in [0, 0.05) is 41.3 Å². The third-order valence-electron chi connectivity index (χ3n) is 5.40. The molecule has 2 aromatic carbocycles. The van der Waals surface area contributed by atoms with Gasteiger partial charge in [-0.3, -0.25) is 0 Å². The molecule has 1 aromatic heterocycles. The van der Waals surface area contributed by atoms with Crippen LogP contribution in [-0.4, -0.2) is 41.0 Å². The van der Waals surface area contributed by atoms with Gasteiger partial charge in [-0.15, -0.1) is 0 Å². The molecule has 0 atom stereocenters. The van der Waals surface area contributed by atoms with E-state index in [4.69, 9.17) is 28.5 Å². The number of aromatic nitrogens is 2. The smallest absolute Gasteiger partial charge is 0.229 e. The van der Waals surface area contributed by atoms with Crippen molar-refractivity contribution >= 4 is 40.7 Å². The first-order valence-corrected chi connectivity index (χ1v) is 11.4. The first kappa shape index (κ1) is 22.3. The Labute approximate surface area is 198 Å². The van der Waals surface area contributed by atoms with Crippen LogP contribution in [0.25, 0.3) is 0 Å². The Hall–Kier alpha value is -2.85. The monoisotopic (exact) mass is 466 g/mol. The second-order valence-electron chi connectivity index (χ2n) is 7.73. The van der Waals surface area contributed by atoms with Gasteiger partial charge in [0.25, 0.3) is 0 Å². The van der Waals surface area contributed by atoms with E-state index in [2.05, 4.69) is 31.6 Å². The molecule has 0 spiro atoms. The number of benzene rings is 2. The maximum absolute atomic E-state index is 9.01. The van der Waals surface area contributed by atoms with Gasteiger partial charge in [-0.2, -0.15) is 10.2 Å². The average molecular weight is 467 g/mol. The molecule has 0 aliphatic carbocycles. The van der Waals surface area contributed by atoms with E-state index in [0.717, 1.165) is 48.9 Å². The van der Waals surface area contributed by atoms with E-state index in [0.29, 0.717) is 28.0 Å². The van der Waals surface area contributed by atoms with E-state index in [-0.39, 0.29) is 0 Å². The van der Waals surface area contributed by atoms with Crippen LogP contribution in [0, 0.1) is 11.3 Å². The maximum Gasteiger partial charge on any atom is 0.229 e. The number of anilines is 3. The Morgan fingerprint density at radius 3 is 2.41 bits per heavy atom. The minimum Gasteiger partial charge on any atom is -0.369 e. The van der Waals surface area contributed by atoms with Crippen molar-refractivity contribution in [2.75, 3.05) is 36.8 Å². The number of nitriles is 1. The summed E-state index contributed by atoms with van der Waals surface area (Å²) in [6, 6.07) is 16.7. The third kappa shape index (κ3) is 5.89. The summed E-state index contributed by atoms with van der Waals surface area (Å²) in [4.78, 5) is 11.8. The lowest BCUT2D eigenvalue weighted by Gasteiger charge is -2.16. The zero-order valence-electron chi connectivity index (χ0n) is 17.6. The van der Waals surface area contributed by atoms with Crippen LogP contribution in [-0.2, 0) is 6.42 Å². The molecule has 3 aromatic rings. The Morgan fingerprint density at radius 2 is 1.72 bits per heavy atom. The van der Waals surface area contributed by atoms with Crippen molar-refractivity contribution in [3.63, 3.8) is 0 Å². The summed E-state index contributed by atoms with van der Waals surface area (Å²) in [5.41, 5.74) is 3.04. The number of nitrogens with zero attached hydrogens (tertiary/aromatic N) is 4. The van der Waals surface area contributed by atoms with Crippen LogP contribution in [0.15, 0.2) is 48.5 Å². The van der Waals surface area contributed by atoms with E-state index < -0.39 is 0 Å². The quantitative estimate of drug-likeness (QED) is 0.456. The minimum absolute atomic E-state index is 0.471. The number of hydrogen-bond acceptors (Lipinski definition) is 6. The largest absolute Gasteiger partial charge is 0.369 e. The molecule has 0 unspecified atom stereocenters. The first-order valence-electron chi connectivity index (χ1n) is 10.6. The standard InChI is InChI=1S/C24H24Cl2N6/c25-21-4-3-5-22(26)20(21)14-19-15-23(28-10-13-32-11-1-2-12-32)31-24(30-19)29-18-8-6-17(16-27)7-9-18/h3-9,15H,1-2,10-14H2,(H2,28,29,30,31). The molecule has 32 heavy (non-hydrogen) atoms. The zero-order chi connectivity index (χ0) is 22.3. The molecule has 0 radical (unpaired) electrons. The number of rotatable bonds is 8. The Bertz CT molecular complexity index is 1080. The molecule has 1 fully saturated rings. The molecule has 2 heterocycles. The van der Waals surface area contributed by atoms with Gasteiger partial charge in [-0.1, -0.05) is 29.3 Å². The first-order chi connectivity index (χ1) is 15.6. The fraction of sp³-hybridized carbons (Fsp3) is 0.292. The zero-order valence-corrected chi connectivity index (χ0v) is 19.1. The number of likely N-dealkylation sites (tertiary alicyclic amines) is 1. The van der Waals surface area contributed by atoms with Crippen LogP contribution in [0.3, 0.4) is 0 Å². The molecule has 1 aliphatic rings. The number of nitrogens with one attached hydrogen (secondary N) is 2. The van der Waals surface area contributed by atoms with E-state index in [1.165, 1.54) is 12.8 Å². The highest BCUT2D eigenvalue weighted by Crippen LogP contribution is 2.27. The van der Waals surface area contributed by atoms with Gasteiger partial charge >= 0.3 is 0 Å². The Kier molecular flexibility index (Phi) is 7.43. The van der Waals surface area contributed by atoms with E-state index in [9.17, 15) is 0 Å². The van der Waals surface area contributed by atoms with Crippen LogP contribution < -0.4 is 10.6 Å². The lowest BCUT2D eigenvalue weighted by Crippen LogP contribution is -2.26. The van der Waals surface area contributed by atoms with Gasteiger partial charge in [0.2, 0.25) is 5.95 Å². The third-order valence-corrected chi connectivity index (χ3v) is 6.11. The molecule has 6 nitrogen and oxygen atoms in total. The molecule has 164 valence electrons. The van der Waals surface area contributed by atoms with Crippen molar-refractivity contribution in [2.24, 2.45) is 0 Å². The molecule has 0 saturated carbocycles. The van der Waals surface area contributed by atoms with Crippen molar-refractivity contribution in [1.29, 1.82) is 5.26 Å². The second kappa shape index (κ2) is 10.6. The molecule has 1 aliphatic heterocycles. The van der Waals surface area contributed by atoms with Crippen LogP contribution in [0.4, 0.5) is 17.5 Å². The normalized spacial score (nSPS) is 13.7. The van der Waals surface area contributed by atoms with Gasteiger partial charge in [-0.25, -0.2) is 4.98 Å². The van der Waals surface area contributed by atoms with Crippen molar-refractivity contribution in [3.8, 4) is 6.07 Å². The molecular formula is C24H24Cl2N6. The van der Waals surface area contributed by atoms with Gasteiger partial charge in [-0.05, 0) is 67.9 Å². The topological polar surface area (TPSA) is 76.9 Å². The summed E-state index contributed by atoms with van der Waals surface area (Å²) in [5.74, 6) is 1.22. The SMILES string of the molecule is N#Cc1ccc(Nc2nc(Cc3c(Cl)cccc3Cl)cc(NCCN3CCCC3)n2)cc1. The summed E-state index contributed by atoms with van der Waals surface area (Å²) in [7, 11) is 0. The fourth-order valence-corrected chi connectivity index (χ4v) is 4.25. The highest BCUT2D eigenvalue weighted by atomic mass is 35.5. The molecule has 1 saturated heterocycles. The van der Waals surface area contributed by atoms with Crippen LogP contribution in [0.1, 0.15) is 29.7 Å². The summed E-state index contributed by atoms with van der Waals surface area (Å²) in [6.45, 7) is 4.11. The number of hydrogen-bond donors (Lipinski definition) is 2. The predicted molar refractivity (Wildman–Crippen MR) is 130 cm³/mol. The molecule has 0 bridgehead atoms. The Morgan fingerprint density at radius 1 is 1.00 bits per heavy atom. The lowest BCUT2D eigenvalue weighted by atomic mass is 10.1. The fourth-order valence-electron chi connectivity index (χ4n) is 3.72. The van der Waals surface area contributed by atoms with Crippen molar-refractivity contribution < 1.29 is 0 Å². The van der Waals surface area contributed by atoms with E-state index in [1.807, 2.05) is 36.4 Å². The van der Waals surface area contributed by atoms with Crippen molar-refractivity contribution in [1.82, 2.24) is 14.9 Å². The van der Waals surface area contributed by atoms with Crippen LogP contribution in [0.5, 0.6) is 0 Å². The Balaban J connectivity index is 1.55.